The SMILES string of the molecule is C=C(C(=O)O)c1ccccc1.NCCCCCCCN1C(=O)CCCC1=O. The van der Waals surface area contributed by atoms with Gasteiger partial charge in [0.15, 0.2) is 0 Å². The Morgan fingerprint density at radius 3 is 2.11 bits per heavy atom. The van der Waals surface area contributed by atoms with Crippen molar-refractivity contribution in [1.29, 1.82) is 0 Å². The number of aliphatic carboxylic acids is 1. The molecule has 0 atom stereocenters. The maximum atomic E-state index is 11.5. The molecule has 1 aliphatic heterocycles. The number of hydrogen-bond acceptors (Lipinski definition) is 4. The Morgan fingerprint density at radius 1 is 1.00 bits per heavy atom. The lowest BCUT2D eigenvalue weighted by atomic mass is 10.1. The molecule has 3 N–H and O–H groups in total. The van der Waals surface area contributed by atoms with Crippen molar-refractivity contribution in [2.45, 2.75) is 51.4 Å². The Kier molecular flexibility index (Phi) is 10.7. The number of hydrogen-bond donors (Lipinski definition) is 2. The number of likely N-dealkylation sites (tertiary alicyclic amines) is 1. The number of piperidine rings is 1. The second-order valence-electron chi connectivity index (χ2n) is 6.50. The number of carboxylic acid groups (broad SMARTS) is 1. The van der Waals surface area contributed by atoms with Gasteiger partial charge in [-0.15, -0.1) is 0 Å². The molecular formula is C21H30N2O4. The first-order valence-electron chi connectivity index (χ1n) is 9.48. The zero-order chi connectivity index (χ0) is 20.1. The van der Waals surface area contributed by atoms with Crippen molar-refractivity contribution in [2.75, 3.05) is 13.1 Å². The third kappa shape index (κ3) is 8.64. The molecule has 148 valence electrons. The largest absolute Gasteiger partial charge is 0.478 e. The van der Waals surface area contributed by atoms with Crippen molar-refractivity contribution in [2.24, 2.45) is 5.73 Å². The van der Waals surface area contributed by atoms with Gasteiger partial charge in [0, 0.05) is 19.4 Å². The minimum absolute atomic E-state index is 0.0122. The summed E-state index contributed by atoms with van der Waals surface area (Å²) in [7, 11) is 0. The Hall–Kier alpha value is -2.47. The first-order valence-corrected chi connectivity index (χ1v) is 9.48. The van der Waals surface area contributed by atoms with Crippen LogP contribution in [-0.2, 0) is 14.4 Å². The normalized spacial score (nSPS) is 13.7. The average molecular weight is 374 g/mol. The van der Waals surface area contributed by atoms with Gasteiger partial charge in [-0.05, 0) is 31.4 Å². The third-order valence-electron chi connectivity index (χ3n) is 4.35. The maximum absolute atomic E-state index is 11.5. The van der Waals surface area contributed by atoms with E-state index < -0.39 is 5.97 Å². The molecular weight excluding hydrogens is 344 g/mol. The van der Waals surface area contributed by atoms with E-state index in [1.165, 1.54) is 4.90 Å². The van der Waals surface area contributed by atoms with Gasteiger partial charge >= 0.3 is 5.97 Å². The molecule has 1 aliphatic rings. The zero-order valence-corrected chi connectivity index (χ0v) is 15.9. The average Bonchev–Trinajstić information content (AvgIpc) is 2.67. The molecule has 1 saturated heterocycles. The minimum atomic E-state index is -0.976. The molecule has 1 fully saturated rings. The van der Waals surface area contributed by atoms with Crippen LogP contribution in [0.25, 0.3) is 5.57 Å². The summed E-state index contributed by atoms with van der Waals surface area (Å²) in [4.78, 5) is 34.8. The van der Waals surface area contributed by atoms with Crippen LogP contribution in [0.2, 0.25) is 0 Å². The van der Waals surface area contributed by atoms with Crippen LogP contribution in [0.5, 0.6) is 0 Å². The van der Waals surface area contributed by atoms with E-state index in [0.717, 1.165) is 45.1 Å². The summed E-state index contributed by atoms with van der Waals surface area (Å²) in [6, 6.07) is 8.83. The first-order chi connectivity index (χ1) is 13.0. The summed E-state index contributed by atoms with van der Waals surface area (Å²) < 4.78 is 0. The molecule has 1 aromatic rings. The zero-order valence-electron chi connectivity index (χ0n) is 15.9. The fourth-order valence-electron chi connectivity index (χ4n) is 2.76. The molecule has 0 unspecified atom stereocenters. The molecule has 6 heteroatoms. The predicted octanol–water partition coefficient (Wildman–Crippen LogP) is 3.22. The monoisotopic (exact) mass is 374 g/mol. The summed E-state index contributed by atoms with van der Waals surface area (Å²) in [5, 5.41) is 8.54. The number of benzene rings is 1. The van der Waals surface area contributed by atoms with Gasteiger partial charge < -0.3 is 10.8 Å². The number of imide groups is 1. The van der Waals surface area contributed by atoms with E-state index >= 15 is 0 Å². The highest BCUT2D eigenvalue weighted by Gasteiger charge is 2.24. The number of carbonyl (C=O) groups is 3. The fraction of sp³-hybridized carbons (Fsp3) is 0.476. The van der Waals surface area contributed by atoms with Crippen LogP contribution < -0.4 is 5.73 Å². The molecule has 0 aromatic heterocycles. The van der Waals surface area contributed by atoms with E-state index in [1.54, 1.807) is 24.3 Å². The fourth-order valence-corrected chi connectivity index (χ4v) is 2.76. The second kappa shape index (κ2) is 12.8. The number of nitrogens with two attached hydrogens (primary N) is 1. The molecule has 0 radical (unpaired) electrons. The van der Waals surface area contributed by atoms with Crippen LogP contribution in [0, 0.1) is 0 Å². The van der Waals surface area contributed by atoms with Gasteiger partial charge in [0.1, 0.15) is 0 Å². The quantitative estimate of drug-likeness (QED) is 0.393. The maximum Gasteiger partial charge on any atom is 0.335 e. The van der Waals surface area contributed by atoms with Gasteiger partial charge in [0.2, 0.25) is 11.8 Å². The van der Waals surface area contributed by atoms with Crippen molar-refractivity contribution < 1.29 is 19.5 Å². The van der Waals surface area contributed by atoms with Crippen molar-refractivity contribution in [1.82, 2.24) is 4.90 Å². The van der Waals surface area contributed by atoms with E-state index in [0.29, 0.717) is 24.9 Å². The lowest BCUT2D eigenvalue weighted by molar-refractivity contribution is -0.148. The highest BCUT2D eigenvalue weighted by atomic mass is 16.4. The van der Waals surface area contributed by atoms with Crippen LogP contribution >= 0.6 is 0 Å². The summed E-state index contributed by atoms with van der Waals surface area (Å²) in [5.74, 6) is -0.951. The van der Waals surface area contributed by atoms with Crippen molar-refractivity contribution in [3.63, 3.8) is 0 Å². The van der Waals surface area contributed by atoms with Crippen molar-refractivity contribution in [3.8, 4) is 0 Å². The number of amides is 2. The molecule has 0 spiro atoms. The molecule has 1 heterocycles. The van der Waals surface area contributed by atoms with Crippen LogP contribution in [0.15, 0.2) is 36.9 Å². The molecule has 2 rings (SSSR count). The topological polar surface area (TPSA) is 101 Å². The Bertz CT molecular complexity index is 612. The van der Waals surface area contributed by atoms with Gasteiger partial charge in [-0.3, -0.25) is 14.5 Å². The van der Waals surface area contributed by atoms with E-state index in [1.807, 2.05) is 6.07 Å². The molecule has 0 bridgehead atoms. The predicted molar refractivity (Wildman–Crippen MR) is 106 cm³/mol. The summed E-state index contributed by atoms with van der Waals surface area (Å²) in [6.45, 7) is 4.79. The number of carboxylic acids is 1. The second-order valence-corrected chi connectivity index (χ2v) is 6.50. The number of nitrogens with zero attached hydrogens (tertiary/aromatic N) is 1. The van der Waals surface area contributed by atoms with Crippen molar-refractivity contribution in [3.05, 3.63) is 42.5 Å². The summed E-state index contributed by atoms with van der Waals surface area (Å²) >= 11 is 0. The highest BCUT2D eigenvalue weighted by molar-refractivity contribution is 6.14. The molecule has 1 aromatic carbocycles. The molecule has 6 nitrogen and oxygen atoms in total. The Morgan fingerprint density at radius 2 is 1.56 bits per heavy atom. The molecule has 27 heavy (non-hydrogen) atoms. The number of carbonyl (C=O) groups excluding carboxylic acids is 2. The van der Waals surface area contributed by atoms with Gasteiger partial charge in [0.25, 0.3) is 0 Å². The molecule has 2 amide bonds. The third-order valence-corrected chi connectivity index (χ3v) is 4.35. The smallest absolute Gasteiger partial charge is 0.335 e. The van der Waals surface area contributed by atoms with Gasteiger partial charge in [0.05, 0.1) is 5.57 Å². The number of unbranched alkanes of at least 4 members (excludes halogenated alkanes) is 4. The Labute approximate surface area is 161 Å². The molecule has 0 aliphatic carbocycles. The standard InChI is InChI=1S/C12H22N2O2.C9H8O2/c13-9-4-2-1-3-5-10-14-11(15)7-6-8-12(14)16;1-7(9(10)11)8-5-3-2-4-6-8/h1-10,13H2;2-6H,1H2,(H,10,11). The summed E-state index contributed by atoms with van der Waals surface area (Å²) in [5.41, 5.74) is 6.18. The van der Waals surface area contributed by atoms with E-state index in [4.69, 9.17) is 10.8 Å². The Balaban J connectivity index is 0.000000289. The van der Waals surface area contributed by atoms with E-state index in [2.05, 4.69) is 6.58 Å². The van der Waals surface area contributed by atoms with Gasteiger partial charge in [-0.25, -0.2) is 4.79 Å². The van der Waals surface area contributed by atoms with E-state index in [9.17, 15) is 14.4 Å². The van der Waals surface area contributed by atoms with Crippen LogP contribution in [-0.4, -0.2) is 40.9 Å². The lowest BCUT2D eigenvalue weighted by Gasteiger charge is -2.24. The first kappa shape index (κ1) is 22.6. The number of rotatable bonds is 9. The van der Waals surface area contributed by atoms with Gasteiger partial charge in [-0.1, -0.05) is 56.2 Å². The van der Waals surface area contributed by atoms with E-state index in [-0.39, 0.29) is 17.4 Å². The van der Waals surface area contributed by atoms with Crippen molar-refractivity contribution >= 4 is 23.4 Å². The lowest BCUT2D eigenvalue weighted by Crippen LogP contribution is -2.40. The molecule has 0 saturated carbocycles. The van der Waals surface area contributed by atoms with Gasteiger partial charge in [-0.2, -0.15) is 0 Å². The van der Waals surface area contributed by atoms with Crippen LogP contribution in [0.4, 0.5) is 0 Å². The highest BCUT2D eigenvalue weighted by Crippen LogP contribution is 2.14. The van der Waals surface area contributed by atoms with Crippen LogP contribution in [0.1, 0.15) is 56.9 Å². The van der Waals surface area contributed by atoms with Crippen LogP contribution in [0.3, 0.4) is 0 Å². The summed E-state index contributed by atoms with van der Waals surface area (Å²) in [6.07, 6.45) is 7.19. The minimum Gasteiger partial charge on any atom is -0.478 e.